The Balaban J connectivity index is 0.00000133. The monoisotopic (exact) mass is 375 g/mol. The fourth-order valence-electron chi connectivity index (χ4n) is 3.42. The molecule has 0 amide bonds. The number of halogens is 1. The first-order chi connectivity index (χ1) is 8.64. The van der Waals surface area contributed by atoms with Crippen molar-refractivity contribution in [2.45, 2.75) is 51.5 Å². The predicted molar refractivity (Wildman–Crippen MR) is 75.0 cm³/mol. The largest absolute Gasteiger partial charge is 1.00 e. The fraction of sp³-hybridized carbons (Fsp3) is 0.800. The zero-order chi connectivity index (χ0) is 12.6. The van der Waals surface area contributed by atoms with Gasteiger partial charge in [-0.2, -0.15) is 0 Å². The number of hydrogen-bond donors (Lipinski definition) is 1. The summed E-state index contributed by atoms with van der Waals surface area (Å²) in [4.78, 5) is 2.60. The van der Waals surface area contributed by atoms with Gasteiger partial charge in [-0.15, -0.1) is 0 Å². The van der Waals surface area contributed by atoms with Crippen molar-refractivity contribution in [3.63, 3.8) is 0 Å². The Hall–Kier alpha value is -0.260. The van der Waals surface area contributed by atoms with Gasteiger partial charge in [0.2, 0.25) is 0 Å². The molecule has 1 N–H and O–H groups in total. The second-order valence-corrected chi connectivity index (χ2v) is 6.59. The van der Waals surface area contributed by atoms with Gasteiger partial charge in [0.1, 0.15) is 5.54 Å². The summed E-state index contributed by atoms with van der Waals surface area (Å²) in [6.45, 7) is 9.62. The van der Waals surface area contributed by atoms with E-state index in [9.17, 15) is 0 Å². The molecule has 0 spiro atoms. The number of hydrogen-bond acceptors (Lipinski definition) is 1. The molecule has 19 heavy (non-hydrogen) atoms. The third kappa shape index (κ3) is 3.44. The van der Waals surface area contributed by atoms with Crippen molar-refractivity contribution >= 4 is 5.84 Å². The maximum absolute atomic E-state index is 3.73. The van der Waals surface area contributed by atoms with Crippen molar-refractivity contribution in [3.05, 3.63) is 11.8 Å². The molecule has 3 aliphatic rings. The van der Waals surface area contributed by atoms with E-state index in [4.69, 9.17) is 0 Å². The Morgan fingerprint density at radius 3 is 2.37 bits per heavy atom. The number of amidine groups is 1. The molecule has 108 valence electrons. The van der Waals surface area contributed by atoms with Crippen LogP contribution in [-0.4, -0.2) is 47.0 Å². The van der Waals surface area contributed by atoms with E-state index in [0.717, 1.165) is 6.42 Å². The summed E-state index contributed by atoms with van der Waals surface area (Å²) < 4.78 is 2.52. The molecule has 3 rings (SSSR count). The van der Waals surface area contributed by atoms with Crippen LogP contribution in [0.3, 0.4) is 0 Å². The minimum atomic E-state index is 0. The van der Waals surface area contributed by atoms with Gasteiger partial charge in [0.15, 0.2) is 0 Å². The van der Waals surface area contributed by atoms with Crippen LogP contribution < -0.4 is 29.3 Å². The minimum Gasteiger partial charge on any atom is -1.00 e. The lowest BCUT2D eigenvalue weighted by atomic mass is 9.94. The molecule has 2 fully saturated rings. The van der Waals surface area contributed by atoms with E-state index in [1.165, 1.54) is 57.7 Å². The lowest BCUT2D eigenvalue weighted by molar-refractivity contribution is -0.507. The van der Waals surface area contributed by atoms with Crippen LogP contribution in [0.1, 0.15) is 46.0 Å². The number of nitrogens with zero attached hydrogens (tertiary/aromatic N) is 2. The second-order valence-electron chi connectivity index (χ2n) is 6.59. The molecular formula is C15H26IN3. The van der Waals surface area contributed by atoms with Crippen LogP contribution in [0.25, 0.3) is 0 Å². The average molecular weight is 375 g/mol. The molecule has 0 aromatic rings. The normalized spacial score (nSPS) is 26.0. The van der Waals surface area contributed by atoms with Gasteiger partial charge < -0.3 is 28.9 Å². The van der Waals surface area contributed by atoms with Gasteiger partial charge in [0.05, 0.1) is 13.1 Å². The number of nitrogens with one attached hydrogen (secondary N) is 1. The third-order valence-electron chi connectivity index (χ3n) is 4.35. The first-order valence-electron chi connectivity index (χ1n) is 7.50. The Kier molecular flexibility index (Phi) is 4.79. The van der Waals surface area contributed by atoms with Crippen molar-refractivity contribution in [1.29, 1.82) is 0 Å². The molecule has 4 heteroatoms. The van der Waals surface area contributed by atoms with Crippen molar-refractivity contribution < 1.29 is 28.6 Å². The zero-order valence-corrected chi connectivity index (χ0v) is 14.4. The molecule has 2 saturated heterocycles. The number of likely N-dealkylation sites (tertiary alicyclic amines) is 1. The Morgan fingerprint density at radius 1 is 1.11 bits per heavy atom. The molecule has 3 nitrogen and oxygen atoms in total. The summed E-state index contributed by atoms with van der Waals surface area (Å²) in [7, 11) is 0. The maximum Gasteiger partial charge on any atom is 0.271 e. The second kappa shape index (κ2) is 6.02. The molecular weight excluding hydrogens is 349 g/mol. The number of rotatable bonds is 1. The van der Waals surface area contributed by atoms with E-state index in [0.29, 0.717) is 0 Å². The summed E-state index contributed by atoms with van der Waals surface area (Å²) >= 11 is 0. The summed E-state index contributed by atoms with van der Waals surface area (Å²) in [6.07, 6.45) is 9.00. The molecule has 0 aliphatic carbocycles. The van der Waals surface area contributed by atoms with Gasteiger partial charge >= 0.3 is 0 Å². The van der Waals surface area contributed by atoms with Crippen LogP contribution in [0.2, 0.25) is 0 Å². The van der Waals surface area contributed by atoms with E-state index >= 15 is 0 Å². The minimum absolute atomic E-state index is 0. The van der Waals surface area contributed by atoms with Crippen LogP contribution >= 0.6 is 0 Å². The van der Waals surface area contributed by atoms with Crippen LogP contribution in [0.5, 0.6) is 0 Å². The molecule has 0 radical (unpaired) electrons. The lowest BCUT2D eigenvalue weighted by Gasteiger charge is -2.33. The topological polar surface area (TPSA) is 18.3 Å². The molecule has 0 aromatic carbocycles. The smallest absolute Gasteiger partial charge is 0.271 e. The summed E-state index contributed by atoms with van der Waals surface area (Å²) in [6, 6.07) is 0. The van der Waals surface area contributed by atoms with Gasteiger partial charge in [-0.05, 0) is 39.5 Å². The van der Waals surface area contributed by atoms with Crippen molar-refractivity contribution in [3.8, 4) is 0 Å². The summed E-state index contributed by atoms with van der Waals surface area (Å²) in [5.41, 5.74) is 1.75. The van der Waals surface area contributed by atoms with Crippen LogP contribution in [0, 0.1) is 0 Å². The predicted octanol–water partition coefficient (Wildman–Crippen LogP) is -1.05. The SMILES string of the molecule is CC1(C)CC(N2CCCC2)=CC(=[N+]2CCCC2)N1.[I-]. The highest BCUT2D eigenvalue weighted by Crippen LogP contribution is 2.26. The summed E-state index contributed by atoms with van der Waals surface area (Å²) in [5, 5.41) is 3.73. The quantitative estimate of drug-likeness (QED) is 0.466. The Morgan fingerprint density at radius 2 is 1.74 bits per heavy atom. The fourth-order valence-corrected chi connectivity index (χ4v) is 3.42. The van der Waals surface area contributed by atoms with Crippen LogP contribution in [-0.2, 0) is 0 Å². The summed E-state index contributed by atoms with van der Waals surface area (Å²) in [5.74, 6) is 1.37. The molecule has 0 saturated carbocycles. The first-order valence-corrected chi connectivity index (χ1v) is 7.50. The Bertz CT molecular complexity index is 384. The van der Waals surface area contributed by atoms with Gasteiger partial charge in [-0.25, -0.2) is 0 Å². The molecule has 3 aliphatic heterocycles. The van der Waals surface area contributed by atoms with Gasteiger partial charge in [0.25, 0.3) is 5.84 Å². The van der Waals surface area contributed by atoms with Crippen molar-refractivity contribution in [2.75, 3.05) is 26.2 Å². The van der Waals surface area contributed by atoms with Gasteiger partial charge in [0, 0.05) is 31.3 Å². The molecule has 0 unspecified atom stereocenters. The third-order valence-corrected chi connectivity index (χ3v) is 4.35. The highest BCUT2D eigenvalue weighted by Gasteiger charge is 2.34. The van der Waals surface area contributed by atoms with Gasteiger partial charge in [-0.1, -0.05) is 0 Å². The van der Waals surface area contributed by atoms with Crippen molar-refractivity contribution in [1.82, 2.24) is 10.2 Å². The lowest BCUT2D eigenvalue weighted by Crippen LogP contribution is -3.00. The van der Waals surface area contributed by atoms with Gasteiger partial charge in [-0.3, -0.25) is 9.89 Å². The van der Waals surface area contributed by atoms with E-state index < -0.39 is 0 Å². The standard InChI is InChI=1S/C15H25N3.HI/c1-15(2)12-13(17-7-3-4-8-17)11-14(16-15)18-9-5-6-10-18;/h11H,3-10,12H2,1-2H3;1H. The maximum atomic E-state index is 3.73. The molecule has 0 atom stereocenters. The van der Waals surface area contributed by atoms with E-state index in [1.807, 2.05) is 0 Å². The van der Waals surface area contributed by atoms with E-state index in [1.54, 1.807) is 5.70 Å². The first kappa shape index (κ1) is 15.1. The Labute approximate surface area is 134 Å². The van der Waals surface area contributed by atoms with E-state index in [-0.39, 0.29) is 29.5 Å². The molecule has 0 bridgehead atoms. The van der Waals surface area contributed by atoms with Crippen LogP contribution in [0.15, 0.2) is 11.8 Å². The average Bonchev–Trinajstić information content (AvgIpc) is 3.01. The van der Waals surface area contributed by atoms with Crippen LogP contribution in [0.4, 0.5) is 0 Å². The zero-order valence-electron chi connectivity index (χ0n) is 12.2. The van der Waals surface area contributed by atoms with E-state index in [2.05, 4.69) is 34.7 Å². The highest BCUT2D eigenvalue weighted by molar-refractivity contribution is 5.91. The molecule has 0 aromatic heterocycles. The van der Waals surface area contributed by atoms with Crippen molar-refractivity contribution in [2.24, 2.45) is 0 Å². The highest BCUT2D eigenvalue weighted by atomic mass is 127. The molecule has 3 heterocycles.